The molecule has 30 heavy (non-hydrogen) atoms. The van der Waals surface area contributed by atoms with Crippen LogP contribution in [0, 0.1) is 5.92 Å². The standard InChI is InChI=1S/C24H27NO5/c1-24(2,3)30-23(28)25-20(22(27)29-16-18-12-8-5-9-13-18)15-19(21(25)26)14-17-10-6-4-7-11-17/h4-13,19-20H,14-16H2,1-3H3/t19?,20-/m0/s1. The highest BCUT2D eigenvalue weighted by Crippen LogP contribution is 2.30. The summed E-state index contributed by atoms with van der Waals surface area (Å²) < 4.78 is 10.8. The molecule has 0 spiro atoms. The number of imide groups is 1. The van der Waals surface area contributed by atoms with Crippen molar-refractivity contribution in [3.05, 3.63) is 71.8 Å². The number of esters is 1. The molecular formula is C24H27NO5. The van der Waals surface area contributed by atoms with E-state index in [2.05, 4.69) is 0 Å². The Labute approximate surface area is 176 Å². The molecule has 1 fully saturated rings. The van der Waals surface area contributed by atoms with Crippen LogP contribution in [0.4, 0.5) is 4.79 Å². The predicted octanol–water partition coefficient (Wildman–Crippen LogP) is 4.12. The molecule has 2 aromatic carbocycles. The SMILES string of the molecule is CC(C)(C)OC(=O)N1C(=O)C(Cc2ccccc2)C[C@H]1C(=O)OCc1ccccc1. The Kier molecular flexibility index (Phi) is 6.55. The lowest BCUT2D eigenvalue weighted by molar-refractivity contribution is -0.152. The quantitative estimate of drug-likeness (QED) is 0.695. The first-order valence-electron chi connectivity index (χ1n) is 10.0. The first-order valence-corrected chi connectivity index (χ1v) is 10.0. The highest BCUT2D eigenvalue weighted by Gasteiger charge is 2.48. The van der Waals surface area contributed by atoms with Gasteiger partial charge in [0.1, 0.15) is 18.2 Å². The summed E-state index contributed by atoms with van der Waals surface area (Å²) in [6.07, 6.45) is -0.160. The largest absolute Gasteiger partial charge is 0.459 e. The summed E-state index contributed by atoms with van der Waals surface area (Å²) in [5.74, 6) is -1.50. The number of likely N-dealkylation sites (tertiary alicyclic amines) is 1. The fraction of sp³-hybridized carbons (Fsp3) is 0.375. The van der Waals surface area contributed by atoms with Crippen molar-refractivity contribution in [1.82, 2.24) is 4.90 Å². The lowest BCUT2D eigenvalue weighted by Gasteiger charge is -2.26. The number of rotatable bonds is 5. The highest BCUT2D eigenvalue weighted by molar-refractivity contribution is 6.00. The van der Waals surface area contributed by atoms with Crippen molar-refractivity contribution in [3.8, 4) is 0 Å². The number of amides is 2. The number of carbonyl (C=O) groups is 3. The molecule has 158 valence electrons. The third-order valence-corrected chi connectivity index (χ3v) is 4.82. The van der Waals surface area contributed by atoms with E-state index in [4.69, 9.17) is 9.47 Å². The maximum atomic E-state index is 13.0. The maximum Gasteiger partial charge on any atom is 0.417 e. The van der Waals surface area contributed by atoms with Gasteiger partial charge in [-0.15, -0.1) is 0 Å². The van der Waals surface area contributed by atoms with Gasteiger partial charge in [0.05, 0.1) is 0 Å². The number of hydrogen-bond acceptors (Lipinski definition) is 5. The van der Waals surface area contributed by atoms with Gasteiger partial charge in [0.2, 0.25) is 5.91 Å². The third kappa shape index (κ3) is 5.47. The van der Waals surface area contributed by atoms with Crippen molar-refractivity contribution >= 4 is 18.0 Å². The predicted molar refractivity (Wildman–Crippen MR) is 111 cm³/mol. The summed E-state index contributed by atoms with van der Waals surface area (Å²) in [5, 5.41) is 0. The number of nitrogens with zero attached hydrogens (tertiary/aromatic N) is 1. The van der Waals surface area contributed by atoms with Crippen LogP contribution >= 0.6 is 0 Å². The van der Waals surface area contributed by atoms with Crippen LogP contribution < -0.4 is 0 Å². The molecular weight excluding hydrogens is 382 g/mol. The van der Waals surface area contributed by atoms with Gasteiger partial charge >= 0.3 is 12.1 Å². The monoisotopic (exact) mass is 409 g/mol. The van der Waals surface area contributed by atoms with Crippen molar-refractivity contribution < 1.29 is 23.9 Å². The minimum atomic E-state index is -0.996. The van der Waals surface area contributed by atoms with Gasteiger partial charge in [0.15, 0.2) is 0 Å². The number of benzene rings is 2. The lowest BCUT2D eigenvalue weighted by atomic mass is 9.96. The molecule has 0 radical (unpaired) electrons. The first-order chi connectivity index (χ1) is 14.2. The number of hydrogen-bond donors (Lipinski definition) is 0. The zero-order chi connectivity index (χ0) is 21.7. The molecule has 2 aromatic rings. The zero-order valence-corrected chi connectivity index (χ0v) is 17.5. The van der Waals surface area contributed by atoms with E-state index in [9.17, 15) is 14.4 Å². The van der Waals surface area contributed by atoms with Gasteiger partial charge < -0.3 is 9.47 Å². The summed E-state index contributed by atoms with van der Waals surface area (Å²) in [7, 11) is 0. The van der Waals surface area contributed by atoms with Crippen LogP contribution in [0.15, 0.2) is 60.7 Å². The molecule has 3 rings (SSSR count). The van der Waals surface area contributed by atoms with E-state index >= 15 is 0 Å². The number of ether oxygens (including phenoxy) is 2. The summed E-state index contributed by atoms with van der Waals surface area (Å²) >= 11 is 0. The summed E-state index contributed by atoms with van der Waals surface area (Å²) in [4.78, 5) is 39.5. The Morgan fingerprint density at radius 3 is 2.10 bits per heavy atom. The first kappa shape index (κ1) is 21.6. The van der Waals surface area contributed by atoms with Crippen LogP contribution in [0.1, 0.15) is 38.3 Å². The summed E-state index contributed by atoms with van der Waals surface area (Å²) in [6, 6.07) is 17.8. The van der Waals surface area contributed by atoms with E-state index in [1.807, 2.05) is 60.7 Å². The van der Waals surface area contributed by atoms with Gasteiger partial charge in [-0.1, -0.05) is 60.7 Å². The molecule has 6 heteroatoms. The Hall–Kier alpha value is -3.15. The average molecular weight is 409 g/mol. The van der Waals surface area contributed by atoms with Crippen molar-refractivity contribution in [1.29, 1.82) is 0 Å². The van der Waals surface area contributed by atoms with Crippen molar-refractivity contribution in [3.63, 3.8) is 0 Å². The maximum absolute atomic E-state index is 13.0. The summed E-state index contributed by atoms with van der Waals surface area (Å²) in [5.41, 5.74) is 1.02. The normalized spacial score (nSPS) is 18.9. The minimum absolute atomic E-state index is 0.0792. The Balaban J connectivity index is 1.76. The van der Waals surface area contributed by atoms with Crippen LogP contribution in [0.2, 0.25) is 0 Å². The second kappa shape index (κ2) is 9.11. The van der Waals surface area contributed by atoms with Gasteiger partial charge in [-0.05, 0) is 44.7 Å². The van der Waals surface area contributed by atoms with Gasteiger partial charge in [0.25, 0.3) is 0 Å². The second-order valence-corrected chi connectivity index (χ2v) is 8.42. The van der Waals surface area contributed by atoms with E-state index in [0.717, 1.165) is 16.0 Å². The molecule has 0 N–H and O–H groups in total. The Morgan fingerprint density at radius 2 is 1.53 bits per heavy atom. The van der Waals surface area contributed by atoms with E-state index in [0.29, 0.717) is 6.42 Å². The molecule has 1 aliphatic rings. The van der Waals surface area contributed by atoms with E-state index in [-0.39, 0.29) is 13.0 Å². The number of carbonyl (C=O) groups excluding carboxylic acids is 3. The Bertz CT molecular complexity index is 889. The minimum Gasteiger partial charge on any atom is -0.459 e. The molecule has 0 aliphatic carbocycles. The molecule has 2 amide bonds. The van der Waals surface area contributed by atoms with Crippen molar-refractivity contribution in [2.45, 2.75) is 51.9 Å². The van der Waals surface area contributed by atoms with E-state index < -0.39 is 35.5 Å². The van der Waals surface area contributed by atoms with Crippen LogP contribution in [0.5, 0.6) is 0 Å². The molecule has 1 heterocycles. The van der Waals surface area contributed by atoms with Crippen LogP contribution in [-0.2, 0) is 32.1 Å². The van der Waals surface area contributed by atoms with Gasteiger partial charge in [-0.2, -0.15) is 0 Å². The van der Waals surface area contributed by atoms with Gasteiger partial charge in [-0.3, -0.25) is 4.79 Å². The van der Waals surface area contributed by atoms with Crippen LogP contribution in [0.25, 0.3) is 0 Å². The molecule has 1 saturated heterocycles. The fourth-order valence-corrected chi connectivity index (χ4v) is 3.45. The van der Waals surface area contributed by atoms with E-state index in [1.54, 1.807) is 20.8 Å². The summed E-state index contributed by atoms with van der Waals surface area (Å²) in [6.45, 7) is 5.23. The average Bonchev–Trinajstić information content (AvgIpc) is 3.03. The third-order valence-electron chi connectivity index (χ3n) is 4.82. The fourth-order valence-electron chi connectivity index (χ4n) is 3.45. The smallest absolute Gasteiger partial charge is 0.417 e. The molecule has 0 aromatic heterocycles. The topological polar surface area (TPSA) is 72.9 Å². The van der Waals surface area contributed by atoms with E-state index in [1.165, 1.54) is 0 Å². The van der Waals surface area contributed by atoms with Crippen LogP contribution in [0.3, 0.4) is 0 Å². The zero-order valence-electron chi connectivity index (χ0n) is 17.5. The highest BCUT2D eigenvalue weighted by atomic mass is 16.6. The molecule has 0 bridgehead atoms. The van der Waals surface area contributed by atoms with Gasteiger partial charge in [-0.25, -0.2) is 14.5 Å². The lowest BCUT2D eigenvalue weighted by Crippen LogP contribution is -2.46. The molecule has 1 aliphatic heterocycles. The second-order valence-electron chi connectivity index (χ2n) is 8.42. The molecule has 2 atom stereocenters. The molecule has 1 unspecified atom stereocenters. The van der Waals surface area contributed by atoms with Crippen molar-refractivity contribution in [2.24, 2.45) is 5.92 Å². The molecule has 6 nitrogen and oxygen atoms in total. The van der Waals surface area contributed by atoms with Crippen molar-refractivity contribution in [2.75, 3.05) is 0 Å². The molecule has 0 saturated carbocycles. The Morgan fingerprint density at radius 1 is 0.967 bits per heavy atom. The van der Waals surface area contributed by atoms with Crippen LogP contribution in [-0.4, -0.2) is 34.5 Å². The van der Waals surface area contributed by atoms with Gasteiger partial charge in [0, 0.05) is 5.92 Å².